The van der Waals surface area contributed by atoms with Gasteiger partial charge in [-0.15, -0.1) is 0 Å². The van der Waals surface area contributed by atoms with E-state index in [4.69, 9.17) is 9.47 Å². The molecule has 0 saturated carbocycles. The molecule has 2 heterocycles. The second-order valence-corrected chi connectivity index (χ2v) is 5.66. The van der Waals surface area contributed by atoms with Crippen molar-refractivity contribution in [1.29, 1.82) is 0 Å². The van der Waals surface area contributed by atoms with Gasteiger partial charge in [-0.1, -0.05) is 0 Å². The van der Waals surface area contributed by atoms with Gasteiger partial charge in [-0.05, 0) is 26.0 Å². The number of nitrogens with zero attached hydrogens (tertiary/aromatic N) is 2. The van der Waals surface area contributed by atoms with E-state index in [9.17, 15) is 0 Å². The van der Waals surface area contributed by atoms with Crippen LogP contribution in [0.4, 0.5) is 5.13 Å². The van der Waals surface area contributed by atoms with E-state index in [1.165, 1.54) is 17.1 Å². The predicted octanol–water partition coefficient (Wildman–Crippen LogP) is 2.79. The summed E-state index contributed by atoms with van der Waals surface area (Å²) in [4.78, 5) is 4.29. The third kappa shape index (κ3) is 2.56. The summed E-state index contributed by atoms with van der Waals surface area (Å²) in [6.07, 6.45) is 1.18. The minimum atomic E-state index is 0.240. The molecule has 1 aromatic carbocycles. The van der Waals surface area contributed by atoms with Gasteiger partial charge in [0.15, 0.2) is 0 Å². The van der Waals surface area contributed by atoms with Crippen molar-refractivity contribution in [3.05, 3.63) is 29.1 Å². The summed E-state index contributed by atoms with van der Waals surface area (Å²) in [6.45, 7) is 4.60. The molecule has 106 valence electrons. The van der Waals surface area contributed by atoms with E-state index in [0.717, 1.165) is 34.4 Å². The van der Waals surface area contributed by atoms with Crippen molar-refractivity contribution in [1.82, 2.24) is 9.36 Å². The number of aromatic nitrogens is 2. The first-order valence-corrected chi connectivity index (χ1v) is 7.33. The van der Waals surface area contributed by atoms with Crippen LogP contribution in [0.3, 0.4) is 0 Å². The zero-order valence-electron chi connectivity index (χ0n) is 11.8. The number of aryl methyl sites for hydroxylation is 1. The maximum atomic E-state index is 5.79. The van der Waals surface area contributed by atoms with E-state index in [-0.39, 0.29) is 6.10 Å². The Hall–Kier alpha value is -1.82. The van der Waals surface area contributed by atoms with Gasteiger partial charge in [0.1, 0.15) is 23.4 Å². The van der Waals surface area contributed by atoms with Crippen LogP contribution >= 0.6 is 11.5 Å². The summed E-state index contributed by atoms with van der Waals surface area (Å²) in [6, 6.07) is 4.12. The van der Waals surface area contributed by atoms with Gasteiger partial charge < -0.3 is 14.8 Å². The molecule has 1 aliphatic rings. The summed E-state index contributed by atoms with van der Waals surface area (Å²) < 4.78 is 15.4. The Bertz CT molecular complexity index is 627. The number of hydrogen-bond donors (Lipinski definition) is 1. The summed E-state index contributed by atoms with van der Waals surface area (Å²) in [5.41, 5.74) is 2.28. The van der Waals surface area contributed by atoms with Gasteiger partial charge in [0, 0.05) is 35.6 Å². The minimum Gasteiger partial charge on any atom is -0.496 e. The Labute approximate surface area is 122 Å². The molecule has 0 aliphatic carbocycles. The quantitative estimate of drug-likeness (QED) is 0.938. The van der Waals surface area contributed by atoms with Crippen molar-refractivity contribution in [2.45, 2.75) is 32.9 Å². The van der Waals surface area contributed by atoms with Crippen molar-refractivity contribution in [3.8, 4) is 11.5 Å². The molecule has 20 heavy (non-hydrogen) atoms. The van der Waals surface area contributed by atoms with Crippen LogP contribution in [0.25, 0.3) is 0 Å². The molecule has 5 nitrogen and oxygen atoms in total. The predicted molar refractivity (Wildman–Crippen MR) is 78.8 cm³/mol. The first kappa shape index (κ1) is 13.2. The average molecular weight is 291 g/mol. The molecule has 1 aliphatic heterocycles. The Morgan fingerprint density at radius 3 is 3.05 bits per heavy atom. The van der Waals surface area contributed by atoms with Crippen molar-refractivity contribution in [2.24, 2.45) is 0 Å². The largest absolute Gasteiger partial charge is 0.496 e. The van der Waals surface area contributed by atoms with Gasteiger partial charge in [0.05, 0.1) is 7.11 Å². The lowest BCUT2D eigenvalue weighted by Crippen LogP contribution is -2.05. The SMILES string of the molecule is COc1cc2c(cc1CNc1nc(C)ns1)OC(C)C2. The first-order valence-electron chi connectivity index (χ1n) is 6.56. The molecule has 0 fully saturated rings. The zero-order valence-corrected chi connectivity index (χ0v) is 12.6. The van der Waals surface area contributed by atoms with E-state index in [0.29, 0.717) is 6.54 Å². The van der Waals surface area contributed by atoms with Crippen LogP contribution < -0.4 is 14.8 Å². The normalized spacial score (nSPS) is 16.6. The lowest BCUT2D eigenvalue weighted by molar-refractivity contribution is 0.254. The first-order chi connectivity index (χ1) is 9.65. The molecular weight excluding hydrogens is 274 g/mol. The second kappa shape index (κ2) is 5.28. The topological polar surface area (TPSA) is 56.3 Å². The molecule has 0 bridgehead atoms. The van der Waals surface area contributed by atoms with Crippen molar-refractivity contribution >= 4 is 16.7 Å². The molecule has 0 amide bonds. The van der Waals surface area contributed by atoms with Gasteiger partial charge in [-0.2, -0.15) is 4.37 Å². The van der Waals surface area contributed by atoms with Crippen molar-refractivity contribution < 1.29 is 9.47 Å². The zero-order chi connectivity index (χ0) is 14.1. The van der Waals surface area contributed by atoms with Gasteiger partial charge in [0.25, 0.3) is 0 Å². The molecule has 1 unspecified atom stereocenters. The van der Waals surface area contributed by atoms with Crippen LogP contribution in [0, 0.1) is 6.92 Å². The molecule has 1 aromatic heterocycles. The van der Waals surface area contributed by atoms with Gasteiger partial charge in [-0.3, -0.25) is 0 Å². The van der Waals surface area contributed by atoms with Gasteiger partial charge in [-0.25, -0.2) is 4.98 Å². The van der Waals surface area contributed by atoms with Gasteiger partial charge in [0.2, 0.25) is 5.13 Å². The molecular formula is C14H17N3O2S. The molecule has 3 rings (SSSR count). The van der Waals surface area contributed by atoms with E-state index in [2.05, 4.69) is 33.7 Å². The van der Waals surface area contributed by atoms with Crippen LogP contribution in [0.5, 0.6) is 11.5 Å². The number of nitrogens with one attached hydrogen (secondary N) is 1. The highest BCUT2D eigenvalue weighted by atomic mass is 32.1. The van der Waals surface area contributed by atoms with Crippen LogP contribution in [-0.4, -0.2) is 22.6 Å². The van der Waals surface area contributed by atoms with Crippen LogP contribution in [0.15, 0.2) is 12.1 Å². The lowest BCUT2D eigenvalue weighted by Gasteiger charge is -2.11. The lowest BCUT2D eigenvalue weighted by atomic mass is 10.1. The summed E-state index contributed by atoms with van der Waals surface area (Å²) in [5, 5.41) is 4.09. The number of hydrogen-bond acceptors (Lipinski definition) is 6. The van der Waals surface area contributed by atoms with Gasteiger partial charge >= 0.3 is 0 Å². The number of rotatable bonds is 4. The number of fused-ring (bicyclic) bond motifs is 1. The number of benzene rings is 1. The Balaban J connectivity index is 1.80. The number of anilines is 1. The highest BCUT2D eigenvalue weighted by Crippen LogP contribution is 2.35. The average Bonchev–Trinajstić information content (AvgIpc) is 2.99. The third-order valence-electron chi connectivity index (χ3n) is 3.26. The fourth-order valence-electron chi connectivity index (χ4n) is 2.35. The summed E-state index contributed by atoms with van der Waals surface area (Å²) >= 11 is 1.36. The fraction of sp³-hybridized carbons (Fsp3) is 0.429. The smallest absolute Gasteiger partial charge is 0.202 e. The van der Waals surface area contributed by atoms with Crippen molar-refractivity contribution in [2.75, 3.05) is 12.4 Å². The number of methoxy groups -OCH3 is 1. The van der Waals surface area contributed by atoms with Crippen LogP contribution in [-0.2, 0) is 13.0 Å². The van der Waals surface area contributed by atoms with E-state index in [1.807, 2.05) is 6.92 Å². The molecule has 0 spiro atoms. The highest BCUT2D eigenvalue weighted by Gasteiger charge is 2.21. The summed E-state index contributed by atoms with van der Waals surface area (Å²) in [5.74, 6) is 2.63. The van der Waals surface area contributed by atoms with Crippen LogP contribution in [0.1, 0.15) is 23.9 Å². The molecule has 0 saturated heterocycles. The Kier molecular flexibility index (Phi) is 3.48. The Morgan fingerprint density at radius 1 is 1.50 bits per heavy atom. The minimum absolute atomic E-state index is 0.240. The van der Waals surface area contributed by atoms with Crippen molar-refractivity contribution in [3.63, 3.8) is 0 Å². The van der Waals surface area contributed by atoms with E-state index >= 15 is 0 Å². The fourth-order valence-corrected chi connectivity index (χ4v) is 2.92. The second-order valence-electron chi connectivity index (χ2n) is 4.90. The molecule has 6 heteroatoms. The Morgan fingerprint density at radius 2 is 2.35 bits per heavy atom. The maximum Gasteiger partial charge on any atom is 0.202 e. The molecule has 1 N–H and O–H groups in total. The molecule has 1 atom stereocenters. The molecule has 2 aromatic rings. The van der Waals surface area contributed by atoms with Crippen LogP contribution in [0.2, 0.25) is 0 Å². The monoisotopic (exact) mass is 291 g/mol. The standard InChI is InChI=1S/C14H17N3O2S/c1-8-4-10-5-12(18-3)11(6-13(10)19-8)7-15-14-16-9(2)17-20-14/h5-6,8H,4,7H2,1-3H3,(H,15,16,17). The van der Waals surface area contributed by atoms with E-state index in [1.54, 1.807) is 7.11 Å². The number of ether oxygens (including phenoxy) is 2. The highest BCUT2D eigenvalue weighted by molar-refractivity contribution is 7.09. The molecule has 0 radical (unpaired) electrons. The summed E-state index contributed by atoms with van der Waals surface area (Å²) in [7, 11) is 1.69. The maximum absolute atomic E-state index is 5.79. The third-order valence-corrected chi connectivity index (χ3v) is 4.02. The van der Waals surface area contributed by atoms with E-state index < -0.39 is 0 Å².